The van der Waals surface area contributed by atoms with Gasteiger partial charge >= 0.3 is 0 Å². The van der Waals surface area contributed by atoms with Gasteiger partial charge in [0.2, 0.25) is 0 Å². The van der Waals surface area contributed by atoms with Crippen LogP contribution in [0.3, 0.4) is 0 Å². The first-order valence-electron chi connectivity index (χ1n) is 7.58. The third-order valence-electron chi connectivity index (χ3n) is 3.55. The fourth-order valence-electron chi connectivity index (χ4n) is 2.29. The number of benzene rings is 2. The molecule has 25 heavy (non-hydrogen) atoms. The summed E-state index contributed by atoms with van der Waals surface area (Å²) in [7, 11) is 0. The lowest BCUT2D eigenvalue weighted by Gasteiger charge is -2.14. The minimum atomic E-state index is -1.000. The lowest BCUT2D eigenvalue weighted by Crippen LogP contribution is -2.26. The van der Waals surface area contributed by atoms with E-state index < -0.39 is 17.7 Å². The zero-order valence-electron chi connectivity index (χ0n) is 13.0. The van der Waals surface area contributed by atoms with E-state index in [9.17, 15) is 13.9 Å². The Hall–Kier alpha value is -2.44. The first kappa shape index (κ1) is 17.4. The minimum absolute atomic E-state index is 0.0839. The molecule has 1 aromatic heterocycles. The van der Waals surface area contributed by atoms with E-state index in [1.165, 1.54) is 6.07 Å². The number of fused-ring (bicyclic) bond motifs is 1. The van der Waals surface area contributed by atoms with Crippen molar-refractivity contribution in [3.63, 3.8) is 0 Å². The van der Waals surface area contributed by atoms with Gasteiger partial charge in [0.05, 0.1) is 0 Å². The number of hydrogen-bond donors (Lipinski definition) is 2. The topological polar surface area (TPSA) is 54.4 Å². The Morgan fingerprint density at radius 3 is 2.72 bits per heavy atom. The molecule has 0 amide bonds. The lowest BCUT2D eigenvalue weighted by molar-refractivity contribution is 0.117. The van der Waals surface area contributed by atoms with Crippen LogP contribution in [-0.2, 0) is 0 Å². The van der Waals surface area contributed by atoms with Crippen LogP contribution in [0.2, 0.25) is 5.15 Å². The summed E-state index contributed by atoms with van der Waals surface area (Å²) < 4.78 is 31.2. The minimum Gasteiger partial charge on any atom is -0.491 e. The molecule has 0 fully saturated rings. The maximum Gasteiger partial charge on any atom is 0.162 e. The van der Waals surface area contributed by atoms with Crippen molar-refractivity contribution in [1.82, 2.24) is 4.98 Å². The highest BCUT2D eigenvalue weighted by Gasteiger charge is 2.09. The Morgan fingerprint density at radius 1 is 1.12 bits per heavy atom. The standard InChI is InChI=1S/C18H15ClF2N2O2/c19-18-14-4-2-1-3-11(14)7-17(23-18)22-9-12(24)10-25-13-5-6-15(20)16(21)8-13/h1-8,12,24H,9-10H2,(H,22,23). The van der Waals surface area contributed by atoms with Crippen LogP contribution in [-0.4, -0.2) is 29.3 Å². The molecule has 130 valence electrons. The molecule has 4 nitrogen and oxygen atoms in total. The largest absolute Gasteiger partial charge is 0.491 e. The first-order valence-corrected chi connectivity index (χ1v) is 7.96. The van der Waals surface area contributed by atoms with E-state index in [0.717, 1.165) is 22.9 Å². The second kappa shape index (κ2) is 7.63. The van der Waals surface area contributed by atoms with Gasteiger partial charge < -0.3 is 15.2 Å². The van der Waals surface area contributed by atoms with Crippen LogP contribution in [0.15, 0.2) is 48.5 Å². The van der Waals surface area contributed by atoms with Gasteiger partial charge in [-0.15, -0.1) is 0 Å². The van der Waals surface area contributed by atoms with Gasteiger partial charge in [0.25, 0.3) is 0 Å². The van der Waals surface area contributed by atoms with E-state index in [1.807, 2.05) is 30.3 Å². The van der Waals surface area contributed by atoms with Crippen LogP contribution in [0.5, 0.6) is 5.75 Å². The molecule has 1 unspecified atom stereocenters. The molecule has 1 atom stereocenters. The van der Waals surface area contributed by atoms with Crippen LogP contribution in [0.1, 0.15) is 0 Å². The molecule has 0 radical (unpaired) electrons. The molecule has 0 saturated carbocycles. The van der Waals surface area contributed by atoms with E-state index in [2.05, 4.69) is 10.3 Å². The van der Waals surface area contributed by atoms with Crippen LogP contribution in [0, 0.1) is 11.6 Å². The van der Waals surface area contributed by atoms with Gasteiger partial charge in [-0.3, -0.25) is 0 Å². The molecule has 3 aromatic rings. The summed E-state index contributed by atoms with van der Waals surface area (Å²) in [5.41, 5.74) is 0. The van der Waals surface area contributed by atoms with E-state index in [1.54, 1.807) is 0 Å². The maximum atomic E-state index is 13.1. The molecule has 0 aliphatic carbocycles. The lowest BCUT2D eigenvalue weighted by atomic mass is 10.2. The zero-order chi connectivity index (χ0) is 17.8. The molecule has 2 N–H and O–H groups in total. The number of halogens is 3. The number of ether oxygens (including phenoxy) is 1. The highest BCUT2D eigenvalue weighted by Crippen LogP contribution is 2.24. The molecule has 0 aliphatic rings. The van der Waals surface area contributed by atoms with Crippen molar-refractivity contribution in [2.45, 2.75) is 6.10 Å². The molecule has 0 saturated heterocycles. The van der Waals surface area contributed by atoms with Gasteiger partial charge in [-0.05, 0) is 23.6 Å². The average Bonchev–Trinajstić information content (AvgIpc) is 2.61. The maximum absolute atomic E-state index is 13.1. The van der Waals surface area contributed by atoms with E-state index in [0.29, 0.717) is 11.0 Å². The first-order chi connectivity index (χ1) is 12.0. The van der Waals surface area contributed by atoms with Gasteiger partial charge in [-0.2, -0.15) is 0 Å². The number of rotatable bonds is 6. The summed E-state index contributed by atoms with van der Waals surface area (Å²) in [6, 6.07) is 12.6. The molecule has 0 spiro atoms. The average molecular weight is 365 g/mol. The number of nitrogens with one attached hydrogen (secondary N) is 1. The summed E-state index contributed by atoms with van der Waals surface area (Å²) in [5, 5.41) is 15.1. The molecule has 3 rings (SSSR count). The van der Waals surface area contributed by atoms with Crippen molar-refractivity contribution in [3.8, 4) is 5.75 Å². The normalized spacial score (nSPS) is 12.2. The van der Waals surface area contributed by atoms with Gasteiger partial charge in [0, 0.05) is 18.0 Å². The van der Waals surface area contributed by atoms with Gasteiger partial charge in [0.1, 0.15) is 29.4 Å². The zero-order valence-corrected chi connectivity index (χ0v) is 13.8. The van der Waals surface area contributed by atoms with Crippen molar-refractivity contribution < 1.29 is 18.6 Å². The third kappa shape index (κ3) is 4.35. The van der Waals surface area contributed by atoms with Crippen LogP contribution < -0.4 is 10.1 Å². The highest BCUT2D eigenvalue weighted by atomic mass is 35.5. The molecular weight excluding hydrogens is 350 g/mol. The number of aromatic nitrogens is 1. The van der Waals surface area contributed by atoms with Crippen molar-refractivity contribution >= 4 is 28.2 Å². The van der Waals surface area contributed by atoms with Crippen LogP contribution in [0.25, 0.3) is 10.8 Å². The molecule has 7 heteroatoms. The van der Waals surface area contributed by atoms with Crippen molar-refractivity contribution in [3.05, 3.63) is 65.3 Å². The number of pyridine rings is 1. The van der Waals surface area contributed by atoms with Crippen molar-refractivity contribution in [1.29, 1.82) is 0 Å². The quantitative estimate of drug-likeness (QED) is 0.649. The number of anilines is 1. The fraction of sp³-hybridized carbons (Fsp3) is 0.167. The number of hydrogen-bond acceptors (Lipinski definition) is 4. The Labute approximate surface area is 148 Å². The fourth-order valence-corrected chi connectivity index (χ4v) is 2.55. The van der Waals surface area contributed by atoms with Gasteiger partial charge in [-0.1, -0.05) is 35.9 Å². The molecule has 0 bridgehead atoms. The van der Waals surface area contributed by atoms with Crippen LogP contribution >= 0.6 is 11.6 Å². The molecule has 1 heterocycles. The molecule has 2 aromatic carbocycles. The second-order valence-corrected chi connectivity index (χ2v) is 5.80. The van der Waals surface area contributed by atoms with Crippen molar-refractivity contribution in [2.24, 2.45) is 0 Å². The van der Waals surface area contributed by atoms with Crippen molar-refractivity contribution in [2.75, 3.05) is 18.5 Å². The SMILES string of the molecule is OC(CNc1cc2ccccc2c(Cl)n1)COc1ccc(F)c(F)c1. The van der Waals surface area contributed by atoms with Crippen LogP contribution in [0.4, 0.5) is 14.6 Å². The number of aliphatic hydroxyl groups excluding tert-OH is 1. The smallest absolute Gasteiger partial charge is 0.162 e. The summed E-state index contributed by atoms with van der Waals surface area (Å²) in [5.74, 6) is -1.28. The van der Waals surface area contributed by atoms with Gasteiger partial charge in [-0.25, -0.2) is 13.8 Å². The third-order valence-corrected chi connectivity index (χ3v) is 3.83. The number of nitrogens with zero attached hydrogens (tertiary/aromatic N) is 1. The Balaban J connectivity index is 1.57. The van der Waals surface area contributed by atoms with E-state index >= 15 is 0 Å². The Bertz CT molecular complexity index is 892. The highest BCUT2D eigenvalue weighted by molar-refractivity contribution is 6.34. The molecule has 0 aliphatic heterocycles. The van der Waals surface area contributed by atoms with E-state index in [-0.39, 0.29) is 18.9 Å². The predicted octanol–water partition coefficient (Wildman–Crippen LogP) is 4.02. The Kier molecular flexibility index (Phi) is 5.31. The summed E-state index contributed by atoms with van der Waals surface area (Å²) in [6.45, 7) is 0.0741. The summed E-state index contributed by atoms with van der Waals surface area (Å²) in [6.07, 6.45) is -0.875. The molecular formula is C18H15ClF2N2O2. The predicted molar refractivity (Wildman–Crippen MR) is 93.1 cm³/mol. The number of aliphatic hydroxyl groups is 1. The Morgan fingerprint density at radius 2 is 1.92 bits per heavy atom. The van der Waals surface area contributed by atoms with E-state index in [4.69, 9.17) is 16.3 Å². The summed E-state index contributed by atoms with van der Waals surface area (Å²) >= 11 is 6.14. The van der Waals surface area contributed by atoms with Gasteiger partial charge in [0.15, 0.2) is 11.6 Å². The monoisotopic (exact) mass is 364 g/mol. The second-order valence-electron chi connectivity index (χ2n) is 5.44. The summed E-state index contributed by atoms with van der Waals surface area (Å²) in [4.78, 5) is 4.22.